The Morgan fingerprint density at radius 3 is 2.65 bits per heavy atom. The SMILES string of the molecule is CC(C)NCc1sc(CC2CC2)nc1-c1ccccc1. The topological polar surface area (TPSA) is 24.9 Å². The standard InChI is InChI=1S/C17H22N2S/c1-12(2)18-11-15-17(14-6-4-3-5-7-14)19-16(20-15)10-13-8-9-13/h3-7,12-13,18H,8-11H2,1-2H3. The molecular weight excluding hydrogens is 264 g/mol. The van der Waals surface area contributed by atoms with Gasteiger partial charge in [0.2, 0.25) is 0 Å². The van der Waals surface area contributed by atoms with Crippen LogP contribution in [-0.4, -0.2) is 11.0 Å². The number of rotatable bonds is 6. The molecule has 0 aliphatic heterocycles. The Balaban J connectivity index is 1.86. The van der Waals surface area contributed by atoms with Gasteiger partial charge in [0, 0.05) is 29.4 Å². The molecule has 1 saturated carbocycles. The van der Waals surface area contributed by atoms with Gasteiger partial charge >= 0.3 is 0 Å². The number of hydrogen-bond donors (Lipinski definition) is 1. The van der Waals surface area contributed by atoms with Gasteiger partial charge in [-0.05, 0) is 18.8 Å². The lowest BCUT2D eigenvalue weighted by atomic mass is 10.1. The van der Waals surface area contributed by atoms with E-state index in [1.807, 2.05) is 11.3 Å². The van der Waals surface area contributed by atoms with Crippen LogP contribution in [-0.2, 0) is 13.0 Å². The van der Waals surface area contributed by atoms with Crippen molar-refractivity contribution in [3.8, 4) is 11.3 Å². The second kappa shape index (κ2) is 6.06. The smallest absolute Gasteiger partial charge is 0.0938 e. The molecule has 0 bridgehead atoms. The molecule has 1 aliphatic rings. The molecule has 2 nitrogen and oxygen atoms in total. The summed E-state index contributed by atoms with van der Waals surface area (Å²) in [4.78, 5) is 6.29. The van der Waals surface area contributed by atoms with Gasteiger partial charge in [-0.15, -0.1) is 11.3 Å². The Morgan fingerprint density at radius 1 is 1.25 bits per heavy atom. The van der Waals surface area contributed by atoms with Crippen molar-refractivity contribution in [2.45, 2.75) is 45.7 Å². The first-order chi connectivity index (χ1) is 9.72. The zero-order valence-electron chi connectivity index (χ0n) is 12.2. The number of nitrogens with zero attached hydrogens (tertiary/aromatic N) is 1. The zero-order valence-corrected chi connectivity index (χ0v) is 13.0. The fourth-order valence-electron chi connectivity index (χ4n) is 2.29. The quantitative estimate of drug-likeness (QED) is 0.858. The predicted octanol–water partition coefficient (Wildman–Crippen LogP) is 4.26. The summed E-state index contributed by atoms with van der Waals surface area (Å²) in [5.74, 6) is 0.899. The molecule has 0 saturated heterocycles. The third-order valence-corrected chi connectivity index (χ3v) is 4.70. The summed E-state index contributed by atoms with van der Waals surface area (Å²) in [6.07, 6.45) is 3.95. The minimum Gasteiger partial charge on any atom is -0.310 e. The highest BCUT2D eigenvalue weighted by Crippen LogP contribution is 2.36. The third-order valence-electron chi connectivity index (χ3n) is 3.62. The summed E-state index contributed by atoms with van der Waals surface area (Å²) in [5.41, 5.74) is 2.42. The van der Waals surface area contributed by atoms with Gasteiger partial charge in [0.1, 0.15) is 0 Å². The van der Waals surface area contributed by atoms with Crippen molar-refractivity contribution >= 4 is 11.3 Å². The van der Waals surface area contributed by atoms with E-state index in [1.165, 1.54) is 40.4 Å². The number of hydrogen-bond acceptors (Lipinski definition) is 3. The highest BCUT2D eigenvalue weighted by Gasteiger charge is 2.24. The van der Waals surface area contributed by atoms with Crippen LogP contribution in [0.15, 0.2) is 30.3 Å². The lowest BCUT2D eigenvalue weighted by Crippen LogP contribution is -2.21. The van der Waals surface area contributed by atoms with Crippen LogP contribution >= 0.6 is 11.3 Å². The molecule has 3 rings (SSSR count). The molecular formula is C17H22N2S. The van der Waals surface area contributed by atoms with Crippen LogP contribution in [0.1, 0.15) is 36.6 Å². The van der Waals surface area contributed by atoms with Gasteiger partial charge in [-0.3, -0.25) is 0 Å². The van der Waals surface area contributed by atoms with Crippen molar-refractivity contribution < 1.29 is 0 Å². The van der Waals surface area contributed by atoms with Crippen molar-refractivity contribution in [3.63, 3.8) is 0 Å². The Bertz CT molecular complexity index is 556. The fourth-order valence-corrected chi connectivity index (χ4v) is 3.45. The largest absolute Gasteiger partial charge is 0.310 e. The lowest BCUT2D eigenvalue weighted by molar-refractivity contribution is 0.593. The normalized spacial score (nSPS) is 14.9. The van der Waals surface area contributed by atoms with E-state index in [0.29, 0.717) is 6.04 Å². The van der Waals surface area contributed by atoms with Crippen LogP contribution in [0.2, 0.25) is 0 Å². The Hall–Kier alpha value is -1.19. The Kier molecular flexibility index (Phi) is 4.18. The van der Waals surface area contributed by atoms with Gasteiger partial charge in [0.05, 0.1) is 10.7 Å². The zero-order chi connectivity index (χ0) is 13.9. The van der Waals surface area contributed by atoms with Crippen LogP contribution in [0.5, 0.6) is 0 Å². The maximum atomic E-state index is 4.92. The fraction of sp³-hybridized carbons (Fsp3) is 0.471. The summed E-state index contributed by atoms with van der Waals surface area (Å²) in [6.45, 7) is 5.30. The summed E-state index contributed by atoms with van der Waals surface area (Å²) >= 11 is 1.89. The van der Waals surface area contributed by atoms with Crippen LogP contribution in [0.4, 0.5) is 0 Å². The predicted molar refractivity (Wildman–Crippen MR) is 86.0 cm³/mol. The number of nitrogens with one attached hydrogen (secondary N) is 1. The highest BCUT2D eigenvalue weighted by molar-refractivity contribution is 7.12. The molecule has 3 heteroatoms. The monoisotopic (exact) mass is 286 g/mol. The summed E-state index contributed by atoms with van der Waals surface area (Å²) in [5, 5.41) is 4.84. The van der Waals surface area contributed by atoms with Gasteiger partial charge in [0.15, 0.2) is 0 Å². The van der Waals surface area contributed by atoms with E-state index in [2.05, 4.69) is 49.5 Å². The number of aromatic nitrogens is 1. The Labute approximate surface area is 125 Å². The van der Waals surface area contributed by atoms with Crippen LogP contribution < -0.4 is 5.32 Å². The van der Waals surface area contributed by atoms with E-state index in [4.69, 9.17) is 4.98 Å². The second-order valence-electron chi connectivity index (χ2n) is 5.93. The van der Waals surface area contributed by atoms with E-state index in [1.54, 1.807) is 0 Å². The van der Waals surface area contributed by atoms with Gasteiger partial charge in [-0.1, -0.05) is 44.2 Å². The van der Waals surface area contributed by atoms with Crippen LogP contribution in [0, 0.1) is 5.92 Å². The Morgan fingerprint density at radius 2 is 2.00 bits per heavy atom. The molecule has 0 atom stereocenters. The molecule has 0 spiro atoms. The molecule has 1 aliphatic carbocycles. The first-order valence-corrected chi connectivity index (χ1v) is 8.31. The first kappa shape index (κ1) is 13.8. The first-order valence-electron chi connectivity index (χ1n) is 7.49. The van der Waals surface area contributed by atoms with Gasteiger partial charge in [-0.25, -0.2) is 4.98 Å². The van der Waals surface area contributed by atoms with Crippen molar-refractivity contribution in [1.82, 2.24) is 10.3 Å². The van der Waals surface area contributed by atoms with E-state index in [-0.39, 0.29) is 0 Å². The molecule has 0 radical (unpaired) electrons. The molecule has 1 aromatic carbocycles. The molecule has 1 heterocycles. The van der Waals surface area contributed by atoms with E-state index in [9.17, 15) is 0 Å². The minimum absolute atomic E-state index is 0.507. The average Bonchev–Trinajstić information content (AvgIpc) is 3.16. The number of benzene rings is 1. The summed E-state index contributed by atoms with van der Waals surface area (Å²) in [7, 11) is 0. The maximum Gasteiger partial charge on any atom is 0.0938 e. The molecule has 2 aromatic rings. The average molecular weight is 286 g/mol. The molecule has 1 N–H and O–H groups in total. The van der Waals surface area contributed by atoms with Gasteiger partial charge in [0.25, 0.3) is 0 Å². The number of thiazole rings is 1. The van der Waals surface area contributed by atoms with Gasteiger partial charge in [-0.2, -0.15) is 0 Å². The van der Waals surface area contributed by atoms with E-state index >= 15 is 0 Å². The van der Waals surface area contributed by atoms with Crippen molar-refractivity contribution in [2.24, 2.45) is 5.92 Å². The van der Waals surface area contributed by atoms with Gasteiger partial charge < -0.3 is 5.32 Å². The van der Waals surface area contributed by atoms with Crippen molar-refractivity contribution in [2.75, 3.05) is 0 Å². The van der Waals surface area contributed by atoms with E-state index in [0.717, 1.165) is 12.5 Å². The summed E-state index contributed by atoms with van der Waals surface area (Å²) < 4.78 is 0. The molecule has 106 valence electrons. The molecule has 0 amide bonds. The molecule has 1 aromatic heterocycles. The highest BCUT2D eigenvalue weighted by atomic mass is 32.1. The summed E-state index contributed by atoms with van der Waals surface area (Å²) in [6, 6.07) is 11.1. The van der Waals surface area contributed by atoms with Crippen LogP contribution in [0.3, 0.4) is 0 Å². The third kappa shape index (κ3) is 3.47. The molecule has 1 fully saturated rings. The van der Waals surface area contributed by atoms with Crippen LogP contribution in [0.25, 0.3) is 11.3 Å². The van der Waals surface area contributed by atoms with E-state index < -0.39 is 0 Å². The lowest BCUT2D eigenvalue weighted by Gasteiger charge is -2.07. The molecule has 0 unspecified atom stereocenters. The second-order valence-corrected chi connectivity index (χ2v) is 7.10. The maximum absolute atomic E-state index is 4.92. The molecule has 20 heavy (non-hydrogen) atoms. The van der Waals surface area contributed by atoms with Crippen molar-refractivity contribution in [1.29, 1.82) is 0 Å². The minimum atomic E-state index is 0.507. The van der Waals surface area contributed by atoms with Crippen molar-refractivity contribution in [3.05, 3.63) is 40.2 Å².